The maximum Gasteiger partial charge on any atom is 0.441 e. The molecule has 0 radical (unpaired) electrons. The highest BCUT2D eigenvalue weighted by Crippen LogP contribution is 2.35. The molecular formula is C18H18N6O7. The van der Waals surface area contributed by atoms with Gasteiger partial charge in [0, 0.05) is 11.1 Å². The van der Waals surface area contributed by atoms with Gasteiger partial charge in [0.25, 0.3) is 5.91 Å². The molecule has 0 spiro atoms. The molecule has 2 aromatic rings. The number of amides is 1. The topological polar surface area (TPSA) is 182 Å². The second-order valence-corrected chi connectivity index (χ2v) is 6.32. The molecule has 0 fully saturated rings. The number of nitro groups is 1. The third kappa shape index (κ3) is 4.97. The van der Waals surface area contributed by atoms with Crippen LogP contribution in [0.25, 0.3) is 0 Å². The SMILES string of the molecule is COc1ccc(/C=N/NC(=O)c2cc(O)c(O)c(O)c2)cc1CN1CN=C([N+](=O)[O-])N1. The fourth-order valence-electron chi connectivity index (χ4n) is 2.73. The van der Waals surface area contributed by atoms with Gasteiger partial charge in [0.1, 0.15) is 5.75 Å². The molecule has 1 aliphatic heterocycles. The van der Waals surface area contributed by atoms with Gasteiger partial charge in [-0.05, 0) is 40.8 Å². The van der Waals surface area contributed by atoms with Crippen LogP contribution >= 0.6 is 0 Å². The van der Waals surface area contributed by atoms with Gasteiger partial charge in [0.05, 0.1) is 19.9 Å². The average molecular weight is 430 g/mol. The lowest BCUT2D eigenvalue weighted by molar-refractivity contribution is -0.356. The van der Waals surface area contributed by atoms with E-state index in [1.165, 1.54) is 18.3 Å². The number of ether oxygens (including phenoxy) is 1. The summed E-state index contributed by atoms with van der Waals surface area (Å²) in [7, 11) is 1.49. The van der Waals surface area contributed by atoms with Gasteiger partial charge >= 0.3 is 5.96 Å². The molecule has 5 N–H and O–H groups in total. The Morgan fingerprint density at radius 2 is 2.06 bits per heavy atom. The molecule has 1 heterocycles. The second-order valence-electron chi connectivity index (χ2n) is 6.32. The number of guanidine groups is 1. The summed E-state index contributed by atoms with van der Waals surface area (Å²) in [6.07, 6.45) is 1.36. The first-order valence-electron chi connectivity index (χ1n) is 8.74. The van der Waals surface area contributed by atoms with Crippen LogP contribution in [0.1, 0.15) is 21.5 Å². The van der Waals surface area contributed by atoms with E-state index in [1.54, 1.807) is 18.2 Å². The molecule has 0 aromatic heterocycles. The number of carbonyl (C=O) groups excluding carboxylic acids is 1. The van der Waals surface area contributed by atoms with Gasteiger partial charge in [-0.15, -0.1) is 5.01 Å². The van der Waals surface area contributed by atoms with E-state index in [1.807, 2.05) is 0 Å². The zero-order valence-electron chi connectivity index (χ0n) is 16.1. The number of hydrogen-bond donors (Lipinski definition) is 5. The van der Waals surface area contributed by atoms with Crippen LogP contribution < -0.4 is 15.6 Å². The Labute approximate surface area is 175 Å². The van der Waals surface area contributed by atoms with Crippen molar-refractivity contribution >= 4 is 18.1 Å². The van der Waals surface area contributed by atoms with Gasteiger partial charge in [-0.2, -0.15) is 10.5 Å². The fourth-order valence-corrected chi connectivity index (χ4v) is 2.73. The predicted molar refractivity (Wildman–Crippen MR) is 107 cm³/mol. The normalized spacial score (nSPS) is 13.6. The van der Waals surface area contributed by atoms with Gasteiger partial charge in [-0.3, -0.25) is 4.79 Å². The molecule has 0 bridgehead atoms. The number of hydrogen-bond acceptors (Lipinski definition) is 11. The smallest absolute Gasteiger partial charge is 0.441 e. The minimum atomic E-state index is -0.728. The third-order valence-corrected chi connectivity index (χ3v) is 4.20. The van der Waals surface area contributed by atoms with E-state index in [-0.39, 0.29) is 24.7 Å². The molecule has 0 atom stereocenters. The lowest BCUT2D eigenvalue weighted by atomic mass is 10.1. The van der Waals surface area contributed by atoms with Crippen LogP contribution in [-0.4, -0.2) is 57.1 Å². The number of benzene rings is 2. The standard InChI is InChI=1S/C18H18N6O7/c1-31-15-3-2-10(4-12(15)8-23-9-19-18(22-23)24(29)30)7-20-21-17(28)11-5-13(25)16(27)14(26)6-11/h2-7,25-27H,8-9H2,1H3,(H,19,22)(H,21,28)/b20-7+. The summed E-state index contributed by atoms with van der Waals surface area (Å²) in [6, 6.07) is 7.05. The molecule has 0 saturated carbocycles. The second kappa shape index (κ2) is 8.96. The Bertz CT molecular complexity index is 1060. The quantitative estimate of drug-likeness (QED) is 0.188. The van der Waals surface area contributed by atoms with Crippen LogP contribution in [0.15, 0.2) is 40.4 Å². The number of aromatic hydroxyl groups is 3. The number of methoxy groups -OCH3 is 1. The Kier molecular flexibility index (Phi) is 6.16. The lowest BCUT2D eigenvalue weighted by Gasteiger charge is -2.14. The monoisotopic (exact) mass is 430 g/mol. The summed E-state index contributed by atoms with van der Waals surface area (Å²) in [5, 5.41) is 44.4. The molecule has 1 aliphatic rings. The fraction of sp³-hybridized carbons (Fsp3) is 0.167. The molecule has 13 heteroatoms. The third-order valence-electron chi connectivity index (χ3n) is 4.20. The van der Waals surface area contributed by atoms with E-state index in [9.17, 15) is 30.2 Å². The predicted octanol–water partition coefficient (Wildman–Crippen LogP) is 0.486. The molecule has 0 saturated heterocycles. The molecule has 0 aliphatic carbocycles. The minimum Gasteiger partial charge on any atom is -0.504 e. The minimum absolute atomic E-state index is 0.0974. The number of carbonyl (C=O) groups is 1. The summed E-state index contributed by atoms with van der Waals surface area (Å²) in [4.78, 5) is 26.0. The van der Waals surface area contributed by atoms with E-state index >= 15 is 0 Å². The largest absolute Gasteiger partial charge is 0.504 e. The van der Waals surface area contributed by atoms with Crippen molar-refractivity contribution in [2.45, 2.75) is 6.54 Å². The van der Waals surface area contributed by atoms with Crippen LogP contribution in [0.4, 0.5) is 0 Å². The average Bonchev–Trinajstić information content (AvgIpc) is 3.20. The number of hydrazone groups is 1. The van der Waals surface area contributed by atoms with Crippen molar-refractivity contribution in [2.24, 2.45) is 10.1 Å². The highest BCUT2D eigenvalue weighted by Gasteiger charge is 2.26. The van der Waals surface area contributed by atoms with E-state index in [4.69, 9.17) is 4.74 Å². The summed E-state index contributed by atoms with van der Waals surface area (Å²) in [5.41, 5.74) is 6.00. The summed E-state index contributed by atoms with van der Waals surface area (Å²) < 4.78 is 5.31. The molecule has 162 valence electrons. The lowest BCUT2D eigenvalue weighted by Crippen LogP contribution is -2.38. The van der Waals surface area contributed by atoms with Crippen molar-refractivity contribution in [1.82, 2.24) is 15.9 Å². The summed E-state index contributed by atoms with van der Waals surface area (Å²) in [5.74, 6) is -2.53. The maximum atomic E-state index is 12.1. The zero-order chi connectivity index (χ0) is 22.5. The van der Waals surface area contributed by atoms with Crippen molar-refractivity contribution in [2.75, 3.05) is 13.8 Å². The number of phenolic OH excluding ortho intramolecular Hbond substituents is 3. The van der Waals surface area contributed by atoms with Gasteiger partial charge in [0.2, 0.25) is 0 Å². The molecule has 13 nitrogen and oxygen atoms in total. The van der Waals surface area contributed by atoms with Crippen LogP contribution in [-0.2, 0) is 6.54 Å². The number of nitrogens with zero attached hydrogens (tertiary/aromatic N) is 4. The van der Waals surface area contributed by atoms with Crippen molar-refractivity contribution < 1.29 is 29.8 Å². The van der Waals surface area contributed by atoms with E-state index in [0.29, 0.717) is 16.9 Å². The zero-order valence-corrected chi connectivity index (χ0v) is 16.1. The summed E-state index contributed by atoms with van der Waals surface area (Å²) in [6.45, 7) is 0.351. The van der Waals surface area contributed by atoms with E-state index < -0.39 is 28.1 Å². The van der Waals surface area contributed by atoms with Crippen molar-refractivity contribution in [3.05, 3.63) is 57.1 Å². The molecule has 1 amide bonds. The van der Waals surface area contributed by atoms with Gasteiger partial charge < -0.3 is 30.2 Å². The molecule has 31 heavy (non-hydrogen) atoms. The van der Waals surface area contributed by atoms with Crippen LogP contribution in [0.5, 0.6) is 23.0 Å². The Hall–Kier alpha value is -4.39. The van der Waals surface area contributed by atoms with Gasteiger partial charge in [-0.25, -0.2) is 5.43 Å². The molecular weight excluding hydrogens is 412 g/mol. The summed E-state index contributed by atoms with van der Waals surface area (Å²) >= 11 is 0. The number of phenols is 3. The first-order chi connectivity index (χ1) is 14.8. The highest BCUT2D eigenvalue weighted by molar-refractivity contribution is 5.96. The number of hydrazine groups is 1. The number of rotatable bonds is 6. The van der Waals surface area contributed by atoms with Crippen molar-refractivity contribution in [3.8, 4) is 23.0 Å². The van der Waals surface area contributed by atoms with Crippen LogP contribution in [0, 0.1) is 10.1 Å². The van der Waals surface area contributed by atoms with Gasteiger partial charge in [-0.1, -0.05) is 4.99 Å². The Morgan fingerprint density at radius 3 is 2.68 bits per heavy atom. The molecule has 0 unspecified atom stereocenters. The molecule has 3 rings (SSSR count). The maximum absolute atomic E-state index is 12.1. The number of nitrogens with one attached hydrogen (secondary N) is 2. The Morgan fingerprint density at radius 1 is 1.35 bits per heavy atom. The van der Waals surface area contributed by atoms with E-state index in [2.05, 4.69) is 20.9 Å². The first-order valence-corrected chi connectivity index (χ1v) is 8.74. The van der Waals surface area contributed by atoms with Crippen LogP contribution in [0.2, 0.25) is 0 Å². The van der Waals surface area contributed by atoms with Crippen molar-refractivity contribution in [3.63, 3.8) is 0 Å². The first kappa shape index (κ1) is 21.3. The van der Waals surface area contributed by atoms with E-state index in [0.717, 1.165) is 12.1 Å². The number of aliphatic imine (C=N–C) groups is 1. The Balaban J connectivity index is 1.68. The molecule has 2 aromatic carbocycles. The highest BCUT2D eigenvalue weighted by atomic mass is 16.6. The van der Waals surface area contributed by atoms with Crippen LogP contribution in [0.3, 0.4) is 0 Å². The van der Waals surface area contributed by atoms with Gasteiger partial charge in [0.15, 0.2) is 23.9 Å². The van der Waals surface area contributed by atoms with Crippen molar-refractivity contribution in [1.29, 1.82) is 0 Å².